The lowest BCUT2D eigenvalue weighted by Crippen LogP contribution is -2.32. The molecule has 152 valence electrons. The van der Waals surface area contributed by atoms with Crippen molar-refractivity contribution in [2.45, 2.75) is 17.4 Å². The minimum atomic E-state index is -4.00. The van der Waals surface area contributed by atoms with Crippen LogP contribution in [0, 0.1) is 0 Å². The monoisotopic (exact) mass is 413 g/mol. The first-order valence-corrected chi connectivity index (χ1v) is 8.90. The topological polar surface area (TPSA) is 192 Å². The van der Waals surface area contributed by atoms with Crippen molar-refractivity contribution >= 4 is 28.0 Å². The summed E-state index contributed by atoms with van der Waals surface area (Å²) in [7, 11) is -4.00. The van der Waals surface area contributed by atoms with Gasteiger partial charge in [-0.3, -0.25) is 14.1 Å². The Balaban J connectivity index is 0.000000392. The lowest BCUT2D eigenvalue weighted by Gasteiger charge is -1.99. The number of carboxylic acids is 3. The summed E-state index contributed by atoms with van der Waals surface area (Å²) >= 11 is 0. The molecule has 0 radical (unpaired) electrons. The van der Waals surface area contributed by atoms with Gasteiger partial charge < -0.3 is 21.1 Å². The average Bonchev–Trinajstić information content (AvgIpc) is 2.63. The van der Waals surface area contributed by atoms with E-state index in [1.54, 1.807) is 48.5 Å². The highest BCUT2D eigenvalue weighted by Gasteiger charge is 2.14. The average molecular weight is 413 g/mol. The van der Waals surface area contributed by atoms with Crippen LogP contribution in [0.5, 0.6) is 0 Å². The minimum absolute atomic E-state index is 0.0741. The highest BCUT2D eigenvalue weighted by molar-refractivity contribution is 7.85. The standard InChI is InChI=1S/C7H6O2.C6H6O3S.C4H7NO4/c8-7(9)6-4-2-1-3-5-6;7-10(8,9)6-4-2-1-3-5-6;5-2(4(8)9)1-3(6)7/h1-5H,(H,8,9);1-5H,(H,7,8,9);2H,1,5H2,(H,6,7)(H,8,9). The molecule has 1 unspecified atom stereocenters. The van der Waals surface area contributed by atoms with E-state index in [-0.39, 0.29) is 4.90 Å². The Kier molecular flexibility index (Phi) is 10.7. The quantitative estimate of drug-likeness (QED) is 0.445. The van der Waals surface area contributed by atoms with Crippen molar-refractivity contribution in [3.8, 4) is 0 Å². The van der Waals surface area contributed by atoms with Gasteiger partial charge in [0.25, 0.3) is 10.1 Å². The maximum atomic E-state index is 10.4. The third-order valence-corrected chi connectivity index (χ3v) is 3.64. The van der Waals surface area contributed by atoms with E-state index in [1.807, 2.05) is 0 Å². The Morgan fingerprint density at radius 3 is 1.50 bits per heavy atom. The molecule has 0 bridgehead atoms. The van der Waals surface area contributed by atoms with Crippen molar-refractivity contribution in [2.75, 3.05) is 0 Å². The van der Waals surface area contributed by atoms with Crippen LogP contribution in [0.3, 0.4) is 0 Å². The Morgan fingerprint density at radius 2 is 1.29 bits per heavy atom. The molecule has 6 N–H and O–H groups in total. The Hall–Kier alpha value is -3.28. The van der Waals surface area contributed by atoms with Crippen molar-refractivity contribution < 1.29 is 42.7 Å². The second kappa shape index (κ2) is 12.2. The summed E-state index contributed by atoms with van der Waals surface area (Å²) in [5.41, 5.74) is 5.17. The van der Waals surface area contributed by atoms with Gasteiger partial charge in [0.05, 0.1) is 16.9 Å². The minimum Gasteiger partial charge on any atom is -0.481 e. The van der Waals surface area contributed by atoms with Crippen LogP contribution in [0.25, 0.3) is 0 Å². The number of carbonyl (C=O) groups is 3. The normalized spacial score (nSPS) is 10.9. The number of nitrogens with two attached hydrogens (primary N) is 1. The van der Waals surface area contributed by atoms with Crippen LogP contribution in [0.15, 0.2) is 65.6 Å². The lowest BCUT2D eigenvalue weighted by atomic mass is 10.2. The van der Waals surface area contributed by atoms with Crippen molar-refractivity contribution in [2.24, 2.45) is 5.73 Å². The van der Waals surface area contributed by atoms with Crippen molar-refractivity contribution in [1.29, 1.82) is 0 Å². The molecule has 0 saturated carbocycles. The van der Waals surface area contributed by atoms with Crippen molar-refractivity contribution in [1.82, 2.24) is 0 Å². The molecule has 0 saturated heterocycles. The van der Waals surface area contributed by atoms with Crippen LogP contribution in [-0.4, -0.2) is 52.2 Å². The maximum absolute atomic E-state index is 10.4. The molecule has 11 heteroatoms. The summed E-state index contributed by atoms with van der Waals surface area (Å²) < 4.78 is 29.2. The second-order valence-electron chi connectivity index (χ2n) is 5.00. The molecule has 0 amide bonds. The largest absolute Gasteiger partial charge is 0.481 e. The van der Waals surface area contributed by atoms with Crippen LogP contribution in [0.2, 0.25) is 0 Å². The highest BCUT2D eigenvalue weighted by Crippen LogP contribution is 2.05. The summed E-state index contributed by atoms with van der Waals surface area (Å²) in [5, 5.41) is 24.4. The van der Waals surface area contributed by atoms with Gasteiger partial charge in [-0.15, -0.1) is 0 Å². The Labute approximate surface area is 160 Å². The van der Waals surface area contributed by atoms with E-state index in [0.29, 0.717) is 5.56 Å². The van der Waals surface area contributed by atoms with Crippen LogP contribution in [0.1, 0.15) is 16.8 Å². The molecule has 10 nitrogen and oxygen atoms in total. The number of hydrogen-bond donors (Lipinski definition) is 5. The van der Waals surface area contributed by atoms with E-state index in [2.05, 4.69) is 0 Å². The zero-order valence-corrected chi connectivity index (χ0v) is 15.2. The molecule has 0 aliphatic rings. The number of carboxylic acid groups (broad SMARTS) is 3. The first kappa shape index (κ1) is 24.7. The number of rotatable bonds is 5. The van der Waals surface area contributed by atoms with Crippen LogP contribution >= 0.6 is 0 Å². The number of hydrogen-bond acceptors (Lipinski definition) is 6. The third-order valence-electron chi connectivity index (χ3n) is 2.77. The Bertz CT molecular complexity index is 868. The van der Waals surface area contributed by atoms with Gasteiger partial charge in [0, 0.05) is 0 Å². The molecule has 28 heavy (non-hydrogen) atoms. The first-order valence-electron chi connectivity index (χ1n) is 7.46. The van der Waals surface area contributed by atoms with E-state index in [1.165, 1.54) is 12.1 Å². The van der Waals surface area contributed by atoms with E-state index >= 15 is 0 Å². The van der Waals surface area contributed by atoms with Gasteiger partial charge >= 0.3 is 17.9 Å². The maximum Gasteiger partial charge on any atom is 0.335 e. The van der Waals surface area contributed by atoms with Crippen LogP contribution in [0.4, 0.5) is 0 Å². The van der Waals surface area contributed by atoms with E-state index in [0.717, 1.165) is 0 Å². The molecule has 0 aliphatic heterocycles. The molecule has 2 aromatic rings. The van der Waals surface area contributed by atoms with Crippen LogP contribution < -0.4 is 5.73 Å². The molecular weight excluding hydrogens is 394 g/mol. The second-order valence-corrected chi connectivity index (χ2v) is 6.42. The van der Waals surface area contributed by atoms with Crippen molar-refractivity contribution in [3.05, 3.63) is 66.2 Å². The molecule has 0 heterocycles. The fraction of sp³-hybridized carbons (Fsp3) is 0.118. The summed E-state index contributed by atoms with van der Waals surface area (Å²) in [6, 6.07) is 14.4. The van der Waals surface area contributed by atoms with Gasteiger partial charge in [0.15, 0.2) is 0 Å². The first-order chi connectivity index (χ1) is 12.9. The van der Waals surface area contributed by atoms with E-state index < -0.39 is 40.5 Å². The number of aliphatic carboxylic acids is 2. The SMILES string of the molecule is NC(CC(=O)O)C(=O)O.O=C(O)c1ccccc1.O=S(=O)(O)c1ccccc1. The van der Waals surface area contributed by atoms with Gasteiger partial charge in [0.1, 0.15) is 6.04 Å². The zero-order chi connectivity index (χ0) is 21.7. The fourth-order valence-corrected chi connectivity index (χ4v) is 1.95. The van der Waals surface area contributed by atoms with Gasteiger partial charge in [-0.2, -0.15) is 8.42 Å². The van der Waals surface area contributed by atoms with Gasteiger partial charge in [-0.25, -0.2) is 4.79 Å². The third kappa shape index (κ3) is 11.4. The highest BCUT2D eigenvalue weighted by atomic mass is 32.2. The fourth-order valence-electron chi connectivity index (χ4n) is 1.45. The molecule has 0 aromatic heterocycles. The summed E-state index contributed by atoms with van der Waals surface area (Å²) in [6.45, 7) is 0. The smallest absolute Gasteiger partial charge is 0.335 e. The number of aromatic carboxylic acids is 1. The molecule has 1 atom stereocenters. The molecule has 0 spiro atoms. The molecule has 0 aliphatic carbocycles. The summed E-state index contributed by atoms with van der Waals surface area (Å²) in [6.07, 6.45) is -0.532. The van der Waals surface area contributed by atoms with Gasteiger partial charge in [0.2, 0.25) is 0 Å². The van der Waals surface area contributed by atoms with Gasteiger partial charge in [-0.05, 0) is 24.3 Å². The molecule has 2 aromatic carbocycles. The zero-order valence-electron chi connectivity index (χ0n) is 14.4. The predicted molar refractivity (Wildman–Crippen MR) is 97.5 cm³/mol. The van der Waals surface area contributed by atoms with Crippen LogP contribution in [-0.2, 0) is 19.7 Å². The van der Waals surface area contributed by atoms with E-state index in [9.17, 15) is 22.8 Å². The number of benzene rings is 2. The summed E-state index contributed by atoms with van der Waals surface area (Å²) in [4.78, 5) is 29.7. The molecule has 0 fully saturated rings. The Morgan fingerprint density at radius 1 is 0.857 bits per heavy atom. The lowest BCUT2D eigenvalue weighted by molar-refractivity contribution is -0.144. The molecular formula is C17H19NO9S. The van der Waals surface area contributed by atoms with Gasteiger partial charge in [-0.1, -0.05) is 36.4 Å². The van der Waals surface area contributed by atoms with E-state index in [4.69, 9.17) is 25.6 Å². The predicted octanol–water partition coefficient (Wildman–Crippen LogP) is 1.19. The van der Waals surface area contributed by atoms with Crippen molar-refractivity contribution in [3.63, 3.8) is 0 Å². The summed E-state index contributed by atoms with van der Waals surface area (Å²) in [5.74, 6) is -3.38. The molecule has 2 rings (SSSR count).